The summed E-state index contributed by atoms with van der Waals surface area (Å²) in [4.78, 5) is 29.5. The van der Waals surface area contributed by atoms with Crippen molar-refractivity contribution in [2.24, 2.45) is 11.8 Å². The standard InChI is InChI=1S/C43H74N2O14/c1-24-21-29(19-20-46)39(59-42-37(49)36(45(9)10)38(27(4)56-42)58-35-23-43(6,51)41(50)28(5)55-35)40(52-11)31(47)22-33(48)53-25(2)15-13-12-14-16-32(24)57-34-18-17-30(44(7)8)26(3)54-34/h12-14,16,20,24-32,34-42,47,49-51H,15,17-19,21-23H2,1-11H3/b13-12-,16-14+. The summed E-state index contributed by atoms with van der Waals surface area (Å²) in [7, 11) is 9.03. The number of aldehydes is 1. The second-order valence-electron chi connectivity index (χ2n) is 17.8. The van der Waals surface area contributed by atoms with Crippen LogP contribution in [0.15, 0.2) is 24.3 Å². The number of carbonyl (C=O) groups excluding carboxylic acids is 2. The van der Waals surface area contributed by atoms with E-state index < -0.39 is 110 Å². The van der Waals surface area contributed by atoms with Crippen LogP contribution in [0.25, 0.3) is 0 Å². The van der Waals surface area contributed by atoms with Gasteiger partial charge in [-0.15, -0.1) is 0 Å². The first-order chi connectivity index (χ1) is 27.8. The van der Waals surface area contributed by atoms with E-state index in [-0.39, 0.29) is 30.9 Å². The van der Waals surface area contributed by atoms with Gasteiger partial charge in [0.15, 0.2) is 18.9 Å². The second-order valence-corrected chi connectivity index (χ2v) is 17.8. The number of allylic oxidation sites excluding steroid dienone is 2. The number of esters is 1. The fourth-order valence-corrected chi connectivity index (χ4v) is 9.10. The Kier molecular flexibility index (Phi) is 18.9. The molecule has 0 saturated carbocycles. The van der Waals surface area contributed by atoms with E-state index in [2.05, 4.69) is 4.90 Å². The Balaban J connectivity index is 1.66. The van der Waals surface area contributed by atoms with Crippen LogP contribution in [0.3, 0.4) is 0 Å². The molecule has 4 aliphatic heterocycles. The van der Waals surface area contributed by atoms with Gasteiger partial charge in [-0.1, -0.05) is 31.2 Å². The highest BCUT2D eigenvalue weighted by Gasteiger charge is 2.52. The number of aliphatic hydroxyl groups excluding tert-OH is 3. The number of rotatable bonds is 11. The van der Waals surface area contributed by atoms with E-state index in [1.54, 1.807) is 39.8 Å². The largest absolute Gasteiger partial charge is 0.462 e. The van der Waals surface area contributed by atoms with Crippen LogP contribution in [0.4, 0.5) is 0 Å². The summed E-state index contributed by atoms with van der Waals surface area (Å²) in [5, 5.41) is 45.1. The Morgan fingerprint density at radius 2 is 1.56 bits per heavy atom. The summed E-state index contributed by atoms with van der Waals surface area (Å²) in [6.07, 6.45) is -1.56. The van der Waals surface area contributed by atoms with Crippen LogP contribution < -0.4 is 0 Å². The monoisotopic (exact) mass is 843 g/mol. The Hall–Kier alpha value is -1.90. The van der Waals surface area contributed by atoms with Crippen molar-refractivity contribution >= 4 is 12.3 Å². The van der Waals surface area contributed by atoms with Crippen molar-refractivity contribution in [2.75, 3.05) is 35.3 Å². The molecule has 0 aromatic rings. The lowest BCUT2D eigenvalue weighted by Gasteiger charge is -2.50. The van der Waals surface area contributed by atoms with Crippen LogP contribution in [0, 0.1) is 11.8 Å². The van der Waals surface area contributed by atoms with Gasteiger partial charge in [-0.3, -0.25) is 4.79 Å². The molecule has 3 saturated heterocycles. The number of likely N-dealkylation sites (N-methyl/N-ethyl adjacent to an activating group) is 2. The maximum Gasteiger partial charge on any atom is 0.308 e. The van der Waals surface area contributed by atoms with Crippen molar-refractivity contribution in [2.45, 2.75) is 190 Å². The topological polar surface area (TPSA) is 195 Å². The van der Waals surface area contributed by atoms with Gasteiger partial charge in [0.1, 0.15) is 36.8 Å². The molecule has 4 N–H and O–H groups in total. The Morgan fingerprint density at radius 3 is 2.17 bits per heavy atom. The highest BCUT2D eigenvalue weighted by molar-refractivity contribution is 5.70. The fourth-order valence-electron chi connectivity index (χ4n) is 9.10. The van der Waals surface area contributed by atoms with E-state index >= 15 is 0 Å². The van der Waals surface area contributed by atoms with Crippen LogP contribution in [-0.4, -0.2) is 181 Å². The predicted molar refractivity (Wildman–Crippen MR) is 217 cm³/mol. The summed E-state index contributed by atoms with van der Waals surface area (Å²) >= 11 is 0. The zero-order chi connectivity index (χ0) is 43.8. The maximum absolute atomic E-state index is 13.1. The van der Waals surface area contributed by atoms with Crippen molar-refractivity contribution in [1.29, 1.82) is 0 Å². The van der Waals surface area contributed by atoms with Gasteiger partial charge in [0.25, 0.3) is 0 Å². The lowest BCUT2D eigenvalue weighted by molar-refractivity contribution is -0.344. The van der Waals surface area contributed by atoms with Crippen molar-refractivity contribution in [3.8, 4) is 0 Å². The van der Waals surface area contributed by atoms with Gasteiger partial charge < -0.3 is 72.9 Å². The van der Waals surface area contributed by atoms with Gasteiger partial charge in [-0.25, -0.2) is 0 Å². The molecule has 0 spiro atoms. The molecular formula is C43H74N2O14. The zero-order valence-corrected chi connectivity index (χ0v) is 37.0. The third kappa shape index (κ3) is 13.3. The molecule has 19 atom stereocenters. The first kappa shape index (κ1) is 49.8. The molecule has 0 aliphatic carbocycles. The molecule has 59 heavy (non-hydrogen) atoms. The normalized spacial score (nSPS) is 45.8. The third-order valence-corrected chi connectivity index (χ3v) is 12.4. The number of carbonyl (C=O) groups is 2. The zero-order valence-electron chi connectivity index (χ0n) is 37.0. The van der Waals surface area contributed by atoms with E-state index in [0.717, 1.165) is 12.7 Å². The van der Waals surface area contributed by atoms with Gasteiger partial charge >= 0.3 is 5.97 Å². The second kappa shape index (κ2) is 22.5. The number of methoxy groups -OCH3 is 1. The Labute approximate surface area is 351 Å². The van der Waals surface area contributed by atoms with E-state index in [4.69, 9.17) is 37.9 Å². The first-order valence-corrected chi connectivity index (χ1v) is 21.3. The van der Waals surface area contributed by atoms with Crippen molar-refractivity contribution in [3.05, 3.63) is 24.3 Å². The number of nitrogens with zero attached hydrogens (tertiary/aromatic N) is 2. The van der Waals surface area contributed by atoms with Crippen LogP contribution >= 0.6 is 0 Å². The Bertz CT molecular complexity index is 1370. The number of cyclic esters (lactones) is 1. The van der Waals surface area contributed by atoms with Gasteiger partial charge in [-0.2, -0.15) is 0 Å². The minimum atomic E-state index is -1.47. The van der Waals surface area contributed by atoms with Crippen LogP contribution in [0.1, 0.15) is 86.5 Å². The van der Waals surface area contributed by atoms with Crippen molar-refractivity contribution < 1.29 is 67.9 Å². The lowest BCUT2D eigenvalue weighted by atomic mass is 9.82. The molecule has 4 heterocycles. The molecule has 0 aromatic heterocycles. The minimum Gasteiger partial charge on any atom is -0.462 e. The maximum atomic E-state index is 13.1. The smallest absolute Gasteiger partial charge is 0.308 e. The van der Waals surface area contributed by atoms with Gasteiger partial charge in [-0.05, 0) is 93.9 Å². The van der Waals surface area contributed by atoms with Crippen LogP contribution in [-0.2, 0) is 47.5 Å². The highest BCUT2D eigenvalue weighted by Crippen LogP contribution is 2.37. The number of hydrogen-bond donors (Lipinski definition) is 4. The Morgan fingerprint density at radius 1 is 0.864 bits per heavy atom. The number of hydrogen-bond acceptors (Lipinski definition) is 16. The molecule has 16 heteroatoms. The molecule has 0 aromatic carbocycles. The van der Waals surface area contributed by atoms with Crippen LogP contribution in [0.2, 0.25) is 0 Å². The average molecular weight is 843 g/mol. The molecular weight excluding hydrogens is 768 g/mol. The van der Waals surface area contributed by atoms with Gasteiger partial charge in [0, 0.05) is 32.4 Å². The first-order valence-electron chi connectivity index (χ1n) is 21.3. The molecule has 0 bridgehead atoms. The van der Waals surface area contributed by atoms with Gasteiger partial charge in [0.2, 0.25) is 0 Å². The fraction of sp³-hybridized carbons (Fsp3) is 0.860. The van der Waals surface area contributed by atoms with E-state index in [9.17, 15) is 30.0 Å². The lowest BCUT2D eigenvalue weighted by Crippen LogP contribution is -2.65. The van der Waals surface area contributed by atoms with E-state index in [1.165, 1.54) is 14.0 Å². The molecule has 0 radical (unpaired) electrons. The van der Waals surface area contributed by atoms with Crippen molar-refractivity contribution in [3.63, 3.8) is 0 Å². The summed E-state index contributed by atoms with van der Waals surface area (Å²) in [6.45, 7) is 10.8. The van der Waals surface area contributed by atoms with Crippen molar-refractivity contribution in [1.82, 2.24) is 9.80 Å². The minimum absolute atomic E-state index is 0.00885. The molecule has 19 unspecified atom stereocenters. The predicted octanol–water partition coefficient (Wildman–Crippen LogP) is 2.33. The summed E-state index contributed by atoms with van der Waals surface area (Å²) in [5.41, 5.74) is -1.47. The number of aliphatic hydroxyl groups is 4. The molecule has 16 nitrogen and oxygen atoms in total. The van der Waals surface area contributed by atoms with E-state index in [1.807, 2.05) is 52.2 Å². The molecule has 0 amide bonds. The number of ether oxygens (including phenoxy) is 8. The summed E-state index contributed by atoms with van der Waals surface area (Å²) < 4.78 is 50.0. The molecule has 4 rings (SSSR count). The summed E-state index contributed by atoms with van der Waals surface area (Å²) in [6, 6.07) is -0.466. The highest BCUT2D eigenvalue weighted by atomic mass is 16.7. The molecule has 3 fully saturated rings. The summed E-state index contributed by atoms with van der Waals surface area (Å²) in [5.74, 6) is -1.47. The van der Waals surface area contributed by atoms with E-state index in [0.29, 0.717) is 19.3 Å². The average Bonchev–Trinajstić information content (AvgIpc) is 3.13. The quantitative estimate of drug-likeness (QED) is 0.175. The molecule has 340 valence electrons. The van der Waals surface area contributed by atoms with Crippen LogP contribution in [0.5, 0.6) is 0 Å². The SMILES string of the molecule is COC1C(O)CC(=O)OC(C)C/C=C\C=C\C(OC2CCC(N(C)C)C(C)O2)C(C)CC(CC=O)C1OC1OC(C)C(OC2CC(C)(O)C(O)C(C)O2)C(N(C)C)C1O. The molecule has 4 aliphatic rings. The van der Waals surface area contributed by atoms with Gasteiger partial charge in [0.05, 0.1) is 54.7 Å². The third-order valence-electron chi connectivity index (χ3n) is 12.4.